The monoisotopic (exact) mass is 357 g/mol. The minimum Gasteiger partial charge on any atom is -0.472 e. The first-order valence-corrected chi connectivity index (χ1v) is 8.73. The smallest absolute Gasteiger partial charge is 0.263 e. The molecule has 1 amide bonds. The van der Waals surface area contributed by atoms with E-state index in [1.807, 2.05) is 51.1 Å². The van der Waals surface area contributed by atoms with Crippen LogP contribution in [-0.4, -0.2) is 21.5 Å². The first kappa shape index (κ1) is 17.2. The maximum atomic E-state index is 12.0. The zero-order valence-electron chi connectivity index (χ0n) is 14.3. The zero-order chi connectivity index (χ0) is 17.8. The van der Waals surface area contributed by atoms with Crippen LogP contribution < -0.4 is 10.1 Å². The molecule has 0 radical (unpaired) electrons. The number of carbonyl (C=O) groups is 1. The first-order chi connectivity index (χ1) is 12.0. The van der Waals surface area contributed by atoms with Crippen LogP contribution in [0.5, 0.6) is 5.88 Å². The second kappa shape index (κ2) is 7.48. The van der Waals surface area contributed by atoms with Crippen molar-refractivity contribution in [1.29, 1.82) is 0 Å². The normalized spacial score (nSPS) is 10.9. The van der Waals surface area contributed by atoms with Gasteiger partial charge in [0.2, 0.25) is 5.88 Å². The molecule has 0 aliphatic heterocycles. The molecule has 6 nitrogen and oxygen atoms in total. The van der Waals surface area contributed by atoms with Gasteiger partial charge in [0.25, 0.3) is 5.91 Å². The SMILES string of the molecule is Cc1onc(-c2ccccc2)c1COc1cc(C(=O)NC(C)C)sn1. The number of aromatic nitrogens is 2. The predicted octanol–water partition coefficient (Wildman–Crippen LogP) is 3.82. The van der Waals surface area contributed by atoms with E-state index in [1.54, 1.807) is 6.07 Å². The highest BCUT2D eigenvalue weighted by Gasteiger charge is 2.17. The van der Waals surface area contributed by atoms with E-state index >= 15 is 0 Å². The second-order valence-corrected chi connectivity index (χ2v) is 6.68. The van der Waals surface area contributed by atoms with Crippen LogP contribution in [0.25, 0.3) is 11.3 Å². The number of nitrogens with one attached hydrogen (secondary N) is 1. The number of hydrogen-bond acceptors (Lipinski definition) is 6. The van der Waals surface area contributed by atoms with Gasteiger partial charge in [-0.05, 0) is 32.3 Å². The molecule has 2 heterocycles. The Hall–Kier alpha value is -2.67. The van der Waals surface area contributed by atoms with Gasteiger partial charge in [-0.25, -0.2) is 0 Å². The third-order valence-corrected chi connectivity index (χ3v) is 4.30. The van der Waals surface area contributed by atoms with Crippen molar-refractivity contribution in [3.05, 3.63) is 52.6 Å². The van der Waals surface area contributed by atoms with Gasteiger partial charge in [0.1, 0.15) is 22.9 Å². The van der Waals surface area contributed by atoms with Gasteiger partial charge in [0.15, 0.2) is 0 Å². The molecule has 0 aliphatic carbocycles. The number of benzene rings is 1. The van der Waals surface area contributed by atoms with E-state index in [9.17, 15) is 4.79 Å². The van der Waals surface area contributed by atoms with E-state index in [0.29, 0.717) is 16.5 Å². The van der Waals surface area contributed by atoms with Gasteiger partial charge in [0.05, 0.1) is 5.56 Å². The van der Waals surface area contributed by atoms with E-state index < -0.39 is 0 Å². The van der Waals surface area contributed by atoms with Crippen LogP contribution in [0.1, 0.15) is 34.8 Å². The summed E-state index contributed by atoms with van der Waals surface area (Å²) in [6, 6.07) is 11.5. The van der Waals surface area contributed by atoms with Crippen molar-refractivity contribution in [3.8, 4) is 17.1 Å². The van der Waals surface area contributed by atoms with Crippen LogP contribution in [0.4, 0.5) is 0 Å². The zero-order valence-corrected chi connectivity index (χ0v) is 15.1. The minimum absolute atomic E-state index is 0.0760. The summed E-state index contributed by atoms with van der Waals surface area (Å²) in [7, 11) is 0. The minimum atomic E-state index is -0.145. The van der Waals surface area contributed by atoms with Crippen LogP contribution >= 0.6 is 11.5 Å². The van der Waals surface area contributed by atoms with Gasteiger partial charge in [-0.15, -0.1) is 0 Å². The van der Waals surface area contributed by atoms with Crippen LogP contribution in [-0.2, 0) is 6.61 Å². The number of aryl methyl sites for hydroxylation is 1. The maximum Gasteiger partial charge on any atom is 0.263 e. The highest BCUT2D eigenvalue weighted by atomic mass is 32.1. The number of nitrogens with zero attached hydrogens (tertiary/aromatic N) is 2. The van der Waals surface area contributed by atoms with Gasteiger partial charge in [-0.2, -0.15) is 4.37 Å². The highest BCUT2D eigenvalue weighted by molar-refractivity contribution is 7.08. The molecule has 7 heteroatoms. The van der Waals surface area contributed by atoms with Crippen molar-refractivity contribution in [1.82, 2.24) is 14.8 Å². The molecule has 3 rings (SSSR count). The van der Waals surface area contributed by atoms with Crippen molar-refractivity contribution in [2.45, 2.75) is 33.4 Å². The molecule has 0 bridgehead atoms. The van der Waals surface area contributed by atoms with Crippen molar-refractivity contribution < 1.29 is 14.1 Å². The molecule has 0 unspecified atom stereocenters. The van der Waals surface area contributed by atoms with Gasteiger partial charge in [0, 0.05) is 17.7 Å². The van der Waals surface area contributed by atoms with Gasteiger partial charge >= 0.3 is 0 Å². The van der Waals surface area contributed by atoms with E-state index in [2.05, 4.69) is 14.8 Å². The number of carbonyl (C=O) groups excluding carboxylic acids is 1. The molecule has 0 saturated carbocycles. The number of hydrogen-bond donors (Lipinski definition) is 1. The molecule has 0 atom stereocenters. The van der Waals surface area contributed by atoms with Crippen molar-refractivity contribution in [3.63, 3.8) is 0 Å². The average molecular weight is 357 g/mol. The topological polar surface area (TPSA) is 77.2 Å². The van der Waals surface area contributed by atoms with Gasteiger partial charge < -0.3 is 14.6 Å². The molecular formula is C18H19N3O3S. The molecule has 1 aromatic carbocycles. The third-order valence-electron chi connectivity index (χ3n) is 3.53. The lowest BCUT2D eigenvalue weighted by atomic mass is 10.1. The summed E-state index contributed by atoms with van der Waals surface area (Å²) < 4.78 is 15.2. The summed E-state index contributed by atoms with van der Waals surface area (Å²) in [5.74, 6) is 0.971. The molecule has 0 aliphatic rings. The van der Waals surface area contributed by atoms with Crippen LogP contribution in [0.2, 0.25) is 0 Å². The largest absolute Gasteiger partial charge is 0.472 e. The highest BCUT2D eigenvalue weighted by Crippen LogP contribution is 2.26. The number of rotatable bonds is 6. The molecule has 3 aromatic rings. The Kier molecular flexibility index (Phi) is 5.14. The molecule has 0 fully saturated rings. The lowest BCUT2D eigenvalue weighted by Gasteiger charge is -2.05. The first-order valence-electron chi connectivity index (χ1n) is 7.95. The Morgan fingerprint density at radius 1 is 1.32 bits per heavy atom. The Balaban J connectivity index is 1.72. The standard InChI is InChI=1S/C18H19N3O3S/c1-11(2)19-18(22)15-9-16(21-25-15)23-10-14-12(3)24-20-17(14)13-7-5-4-6-8-13/h4-9,11H,10H2,1-3H3,(H,19,22). The summed E-state index contributed by atoms with van der Waals surface area (Å²) in [5.41, 5.74) is 2.59. The van der Waals surface area contributed by atoms with Crippen molar-refractivity contribution >= 4 is 17.4 Å². The Labute approximate surface area is 150 Å². The van der Waals surface area contributed by atoms with Crippen LogP contribution in [0, 0.1) is 6.92 Å². The molecule has 0 spiro atoms. The molecule has 25 heavy (non-hydrogen) atoms. The van der Waals surface area contributed by atoms with E-state index in [0.717, 1.165) is 28.4 Å². The fourth-order valence-corrected chi connectivity index (χ4v) is 2.89. The molecular weight excluding hydrogens is 338 g/mol. The summed E-state index contributed by atoms with van der Waals surface area (Å²) in [6.07, 6.45) is 0. The molecule has 1 N–H and O–H groups in total. The maximum absolute atomic E-state index is 12.0. The third kappa shape index (κ3) is 4.06. The lowest BCUT2D eigenvalue weighted by Crippen LogP contribution is -2.29. The van der Waals surface area contributed by atoms with Crippen LogP contribution in [0.15, 0.2) is 40.9 Å². The van der Waals surface area contributed by atoms with Crippen molar-refractivity contribution in [2.75, 3.05) is 0 Å². The number of amides is 1. The predicted molar refractivity (Wildman–Crippen MR) is 95.7 cm³/mol. The summed E-state index contributed by atoms with van der Waals surface area (Å²) in [4.78, 5) is 12.5. The second-order valence-electron chi connectivity index (χ2n) is 5.88. The number of ether oxygens (including phenoxy) is 1. The average Bonchev–Trinajstić information content (AvgIpc) is 3.20. The van der Waals surface area contributed by atoms with E-state index in [-0.39, 0.29) is 18.6 Å². The van der Waals surface area contributed by atoms with Crippen LogP contribution in [0.3, 0.4) is 0 Å². The molecule has 0 saturated heterocycles. The van der Waals surface area contributed by atoms with Gasteiger partial charge in [-0.3, -0.25) is 4.79 Å². The van der Waals surface area contributed by atoms with E-state index in [4.69, 9.17) is 9.26 Å². The fourth-order valence-electron chi connectivity index (χ4n) is 2.30. The van der Waals surface area contributed by atoms with E-state index in [1.165, 1.54) is 0 Å². The summed E-state index contributed by atoms with van der Waals surface area (Å²) in [5, 5.41) is 6.96. The fraction of sp³-hybridized carbons (Fsp3) is 0.278. The van der Waals surface area contributed by atoms with Gasteiger partial charge in [-0.1, -0.05) is 35.5 Å². The van der Waals surface area contributed by atoms with Crippen molar-refractivity contribution in [2.24, 2.45) is 0 Å². The molecule has 130 valence electrons. The molecule has 2 aromatic heterocycles. The summed E-state index contributed by atoms with van der Waals surface area (Å²) in [6.45, 7) is 5.95. The Morgan fingerprint density at radius 3 is 2.80 bits per heavy atom. The Bertz CT molecular complexity index is 856. The quantitative estimate of drug-likeness (QED) is 0.725. The Morgan fingerprint density at radius 2 is 2.08 bits per heavy atom. The summed E-state index contributed by atoms with van der Waals surface area (Å²) >= 11 is 1.12. The lowest BCUT2D eigenvalue weighted by molar-refractivity contribution is 0.0947.